The first-order valence-corrected chi connectivity index (χ1v) is 9.81. The number of ether oxygens (including phenoxy) is 2. The third kappa shape index (κ3) is 4.00. The lowest BCUT2D eigenvalue weighted by Gasteiger charge is -2.12. The van der Waals surface area contributed by atoms with Crippen LogP contribution in [-0.2, 0) is 0 Å². The Kier molecular flexibility index (Phi) is 5.55. The van der Waals surface area contributed by atoms with Crippen LogP contribution in [0.2, 0.25) is 0 Å². The van der Waals surface area contributed by atoms with Crippen LogP contribution in [0.15, 0.2) is 69.9 Å². The van der Waals surface area contributed by atoms with Gasteiger partial charge in [0.05, 0.1) is 14.2 Å². The van der Waals surface area contributed by atoms with Crippen molar-refractivity contribution in [3.8, 4) is 28.4 Å². The van der Waals surface area contributed by atoms with Gasteiger partial charge in [0.15, 0.2) is 0 Å². The number of phenolic OH excluding ortho intramolecular Hbond substituents is 1. The van der Waals surface area contributed by atoms with E-state index in [1.807, 2.05) is 24.3 Å². The van der Waals surface area contributed by atoms with Gasteiger partial charge < -0.3 is 24.3 Å². The summed E-state index contributed by atoms with van der Waals surface area (Å²) in [5.74, 6) is 0.824. The van der Waals surface area contributed by atoms with Gasteiger partial charge in [-0.15, -0.1) is 0 Å². The van der Waals surface area contributed by atoms with E-state index < -0.39 is 11.5 Å². The van der Waals surface area contributed by atoms with E-state index in [1.165, 1.54) is 12.1 Å². The highest BCUT2D eigenvalue weighted by Crippen LogP contribution is 2.33. The van der Waals surface area contributed by atoms with Gasteiger partial charge in [-0.3, -0.25) is 4.79 Å². The lowest BCUT2D eigenvalue weighted by atomic mass is 10.0. The maximum Gasteiger partial charge on any atom is 0.360 e. The molecule has 0 fully saturated rings. The van der Waals surface area contributed by atoms with Gasteiger partial charge in [0, 0.05) is 22.6 Å². The van der Waals surface area contributed by atoms with Crippen LogP contribution in [0.1, 0.15) is 15.9 Å². The fourth-order valence-electron chi connectivity index (χ4n) is 3.42. The summed E-state index contributed by atoms with van der Waals surface area (Å²) >= 11 is 0. The maximum atomic E-state index is 12.9. The minimum atomic E-state index is -0.712. The van der Waals surface area contributed by atoms with Crippen molar-refractivity contribution in [3.05, 3.63) is 82.2 Å². The molecule has 0 atom stereocenters. The average molecular weight is 431 g/mol. The van der Waals surface area contributed by atoms with Gasteiger partial charge in [0.1, 0.15) is 28.5 Å². The molecule has 0 bridgehead atoms. The molecular weight excluding hydrogens is 410 g/mol. The molecule has 32 heavy (non-hydrogen) atoms. The summed E-state index contributed by atoms with van der Waals surface area (Å²) in [5.41, 5.74) is 2.02. The predicted molar refractivity (Wildman–Crippen MR) is 122 cm³/mol. The third-order valence-corrected chi connectivity index (χ3v) is 5.14. The highest BCUT2D eigenvalue weighted by molar-refractivity contribution is 6.05. The van der Waals surface area contributed by atoms with Gasteiger partial charge in [0.2, 0.25) is 0 Å². The first-order valence-electron chi connectivity index (χ1n) is 9.81. The molecule has 7 heteroatoms. The van der Waals surface area contributed by atoms with Gasteiger partial charge in [-0.25, -0.2) is 4.79 Å². The first kappa shape index (κ1) is 21.0. The molecule has 0 unspecified atom stereocenters. The highest BCUT2D eigenvalue weighted by atomic mass is 16.5. The molecular formula is C25H21NO6. The number of anilines is 1. The lowest BCUT2D eigenvalue weighted by Crippen LogP contribution is -2.18. The molecule has 0 aliphatic rings. The zero-order valence-corrected chi connectivity index (χ0v) is 17.8. The smallest absolute Gasteiger partial charge is 0.360 e. The molecule has 162 valence electrons. The van der Waals surface area contributed by atoms with Crippen molar-refractivity contribution in [1.82, 2.24) is 0 Å². The molecule has 0 saturated carbocycles. The summed E-state index contributed by atoms with van der Waals surface area (Å²) in [6.07, 6.45) is 0. The summed E-state index contributed by atoms with van der Waals surface area (Å²) in [7, 11) is 3.14. The van der Waals surface area contributed by atoms with Crippen LogP contribution in [0, 0.1) is 6.92 Å². The van der Waals surface area contributed by atoms with E-state index in [9.17, 15) is 14.7 Å². The third-order valence-electron chi connectivity index (χ3n) is 5.14. The molecule has 3 aromatic carbocycles. The summed E-state index contributed by atoms with van der Waals surface area (Å²) in [6.45, 7) is 1.73. The van der Waals surface area contributed by atoms with Crippen LogP contribution in [-0.4, -0.2) is 25.2 Å². The largest absolute Gasteiger partial charge is 0.508 e. The number of benzene rings is 3. The fourth-order valence-corrected chi connectivity index (χ4v) is 3.42. The fraction of sp³-hybridized carbons (Fsp3) is 0.120. The van der Waals surface area contributed by atoms with Crippen LogP contribution in [0.25, 0.3) is 22.1 Å². The van der Waals surface area contributed by atoms with E-state index >= 15 is 0 Å². The molecule has 0 spiro atoms. The second-order valence-corrected chi connectivity index (χ2v) is 7.23. The number of rotatable bonds is 5. The van der Waals surface area contributed by atoms with E-state index in [1.54, 1.807) is 45.4 Å². The summed E-state index contributed by atoms with van der Waals surface area (Å²) in [4.78, 5) is 25.3. The zero-order valence-electron chi connectivity index (χ0n) is 17.8. The predicted octanol–water partition coefficient (Wildman–Crippen LogP) is 4.74. The zero-order chi connectivity index (χ0) is 22.8. The molecule has 0 aliphatic heterocycles. The Morgan fingerprint density at radius 2 is 1.81 bits per heavy atom. The molecule has 0 aliphatic carbocycles. The van der Waals surface area contributed by atoms with E-state index in [4.69, 9.17) is 13.9 Å². The number of nitrogens with one attached hydrogen (secondary N) is 1. The minimum absolute atomic E-state index is 0.00587. The maximum absolute atomic E-state index is 12.9. The van der Waals surface area contributed by atoms with E-state index in [2.05, 4.69) is 5.32 Å². The normalized spacial score (nSPS) is 10.7. The summed E-state index contributed by atoms with van der Waals surface area (Å²) < 4.78 is 16.0. The summed E-state index contributed by atoms with van der Waals surface area (Å²) in [5, 5.41) is 13.0. The second kappa shape index (κ2) is 8.47. The number of aromatic hydroxyl groups is 1. The highest BCUT2D eigenvalue weighted by Gasteiger charge is 2.15. The molecule has 0 saturated heterocycles. The van der Waals surface area contributed by atoms with Crippen LogP contribution in [0.3, 0.4) is 0 Å². The van der Waals surface area contributed by atoms with Gasteiger partial charge in [0.25, 0.3) is 5.91 Å². The average Bonchev–Trinajstić information content (AvgIpc) is 2.80. The first-order chi connectivity index (χ1) is 15.4. The minimum Gasteiger partial charge on any atom is -0.508 e. The van der Waals surface area contributed by atoms with Crippen LogP contribution >= 0.6 is 0 Å². The number of carbonyl (C=O) groups excluding carboxylic acids is 1. The standard InChI is InChI=1S/C25H21NO6/c1-14-9-17-12-20(25(29)32-23(17)13-21(14)27)26-24(28)16-7-8-22(31-3)19(11-16)15-5-4-6-18(10-15)30-2/h4-13,27H,1-3H3,(H,26,28). The quantitative estimate of drug-likeness (QED) is 0.443. The van der Waals surface area contributed by atoms with Crippen molar-refractivity contribution in [2.45, 2.75) is 6.92 Å². The number of amides is 1. The van der Waals surface area contributed by atoms with Crippen molar-refractivity contribution in [1.29, 1.82) is 0 Å². The van der Waals surface area contributed by atoms with Crippen molar-refractivity contribution in [2.75, 3.05) is 19.5 Å². The Labute approximate surface area is 183 Å². The number of hydrogen-bond donors (Lipinski definition) is 2. The monoisotopic (exact) mass is 431 g/mol. The topological polar surface area (TPSA) is 98.0 Å². The molecule has 2 N–H and O–H groups in total. The molecule has 1 amide bonds. The number of carbonyl (C=O) groups is 1. The Balaban J connectivity index is 1.70. The van der Waals surface area contributed by atoms with E-state index in [0.717, 1.165) is 5.56 Å². The van der Waals surface area contributed by atoms with Crippen LogP contribution in [0.4, 0.5) is 5.69 Å². The number of hydrogen-bond acceptors (Lipinski definition) is 6. The van der Waals surface area contributed by atoms with Crippen LogP contribution in [0.5, 0.6) is 17.2 Å². The number of phenols is 1. The molecule has 1 heterocycles. The summed E-state index contributed by atoms with van der Waals surface area (Å²) in [6, 6.07) is 17.0. The van der Waals surface area contributed by atoms with Gasteiger partial charge >= 0.3 is 5.63 Å². The Hall–Kier alpha value is -4.26. The van der Waals surface area contributed by atoms with Crippen molar-refractivity contribution >= 4 is 22.6 Å². The van der Waals surface area contributed by atoms with Gasteiger partial charge in [-0.2, -0.15) is 0 Å². The molecule has 4 aromatic rings. The SMILES string of the molecule is COc1cccc(-c2cc(C(=O)Nc3cc4cc(C)c(O)cc4oc3=O)ccc2OC)c1. The Bertz CT molecular complexity index is 1390. The van der Waals surface area contributed by atoms with Gasteiger partial charge in [-0.05, 0) is 60.5 Å². The molecule has 4 rings (SSSR count). The van der Waals surface area contributed by atoms with Gasteiger partial charge in [-0.1, -0.05) is 12.1 Å². The van der Waals surface area contributed by atoms with Crippen LogP contribution < -0.4 is 20.4 Å². The molecule has 0 radical (unpaired) electrons. The van der Waals surface area contributed by atoms with Crippen molar-refractivity contribution in [2.24, 2.45) is 0 Å². The Morgan fingerprint density at radius 3 is 2.56 bits per heavy atom. The van der Waals surface area contributed by atoms with E-state index in [-0.39, 0.29) is 17.0 Å². The van der Waals surface area contributed by atoms with Crippen molar-refractivity contribution < 1.29 is 23.8 Å². The Morgan fingerprint density at radius 1 is 1.00 bits per heavy atom. The molecule has 1 aromatic heterocycles. The van der Waals surface area contributed by atoms with E-state index in [0.29, 0.717) is 33.6 Å². The molecule has 7 nitrogen and oxygen atoms in total. The number of methoxy groups -OCH3 is 2. The number of aryl methyl sites for hydroxylation is 1. The second-order valence-electron chi connectivity index (χ2n) is 7.23. The van der Waals surface area contributed by atoms with Crippen molar-refractivity contribution in [3.63, 3.8) is 0 Å². The lowest BCUT2D eigenvalue weighted by molar-refractivity contribution is 0.102. The number of fused-ring (bicyclic) bond motifs is 1.